The molecule has 3 atom stereocenters. The molecule has 3 rings (SSSR count). The number of nitriles is 1. The van der Waals surface area contributed by atoms with Gasteiger partial charge in [0.25, 0.3) is 0 Å². The van der Waals surface area contributed by atoms with Crippen molar-refractivity contribution in [3.8, 4) is 6.07 Å². The number of amides is 1. The topological polar surface area (TPSA) is 94.0 Å². The summed E-state index contributed by atoms with van der Waals surface area (Å²) in [7, 11) is 0. The Labute approximate surface area is 172 Å². The number of guanidine groups is 1. The number of hydrogen-bond acceptors (Lipinski definition) is 3. The average Bonchev–Trinajstić information content (AvgIpc) is 2.96. The molecule has 1 spiro atoms. The Balaban J connectivity index is 2.08. The summed E-state index contributed by atoms with van der Waals surface area (Å²) in [5.74, 6) is -0.684. The van der Waals surface area contributed by atoms with E-state index in [2.05, 4.69) is 13.0 Å². The minimum atomic E-state index is -1.66. The van der Waals surface area contributed by atoms with E-state index in [1.54, 1.807) is 12.1 Å². The van der Waals surface area contributed by atoms with Gasteiger partial charge in [0.1, 0.15) is 5.67 Å². The zero-order valence-corrected chi connectivity index (χ0v) is 17.6. The van der Waals surface area contributed by atoms with Crippen LogP contribution >= 0.6 is 0 Å². The van der Waals surface area contributed by atoms with Crippen molar-refractivity contribution in [3.05, 3.63) is 34.9 Å². The Kier molecular flexibility index (Phi) is 5.71. The van der Waals surface area contributed by atoms with Gasteiger partial charge in [-0.25, -0.2) is 4.39 Å². The first-order chi connectivity index (χ1) is 13.6. The SMILES string of the molecule is CCC1CCCC2(Cc3ccc(C#N)cc3C2C(=O)N(CC(C)(C)F)C(=N)N)C1. The number of halogens is 1. The lowest BCUT2D eigenvalue weighted by molar-refractivity contribution is -0.134. The molecular formula is C23H31FN4O. The first-order valence-corrected chi connectivity index (χ1v) is 10.5. The Hall–Kier alpha value is -2.42. The minimum absolute atomic E-state index is 0.249. The zero-order chi connectivity index (χ0) is 21.4. The van der Waals surface area contributed by atoms with E-state index in [-0.39, 0.29) is 17.9 Å². The van der Waals surface area contributed by atoms with E-state index in [9.17, 15) is 14.4 Å². The van der Waals surface area contributed by atoms with Gasteiger partial charge in [0.05, 0.1) is 24.1 Å². The van der Waals surface area contributed by atoms with Gasteiger partial charge in [-0.3, -0.25) is 15.1 Å². The average molecular weight is 399 g/mol. The molecule has 1 aromatic carbocycles. The van der Waals surface area contributed by atoms with Gasteiger partial charge in [0, 0.05) is 0 Å². The number of carbonyl (C=O) groups is 1. The number of rotatable bonds is 4. The van der Waals surface area contributed by atoms with Gasteiger partial charge in [-0.05, 0) is 67.7 Å². The van der Waals surface area contributed by atoms with Crippen LogP contribution in [0.1, 0.15) is 75.5 Å². The molecule has 1 fully saturated rings. The highest BCUT2D eigenvalue weighted by Gasteiger charge is 2.53. The van der Waals surface area contributed by atoms with Crippen LogP contribution in [0.4, 0.5) is 4.39 Å². The minimum Gasteiger partial charge on any atom is -0.370 e. The highest BCUT2D eigenvalue weighted by Crippen LogP contribution is 2.57. The van der Waals surface area contributed by atoms with E-state index < -0.39 is 17.5 Å². The van der Waals surface area contributed by atoms with Crippen molar-refractivity contribution < 1.29 is 9.18 Å². The van der Waals surface area contributed by atoms with Crippen LogP contribution in [-0.2, 0) is 11.2 Å². The van der Waals surface area contributed by atoms with Crippen LogP contribution in [0.2, 0.25) is 0 Å². The van der Waals surface area contributed by atoms with Crippen molar-refractivity contribution in [3.63, 3.8) is 0 Å². The van der Waals surface area contributed by atoms with Crippen molar-refractivity contribution in [2.45, 2.75) is 70.9 Å². The molecule has 2 aliphatic carbocycles. The molecule has 3 N–H and O–H groups in total. The summed E-state index contributed by atoms with van der Waals surface area (Å²) in [5, 5.41) is 17.3. The van der Waals surface area contributed by atoms with Crippen molar-refractivity contribution in [2.75, 3.05) is 6.54 Å². The van der Waals surface area contributed by atoms with Gasteiger partial charge < -0.3 is 5.73 Å². The van der Waals surface area contributed by atoms with E-state index in [1.165, 1.54) is 13.8 Å². The number of alkyl halides is 1. The highest BCUT2D eigenvalue weighted by molar-refractivity contribution is 5.99. The summed E-state index contributed by atoms with van der Waals surface area (Å²) in [6.07, 6.45) is 5.91. The fourth-order valence-corrected chi connectivity index (χ4v) is 5.41. The smallest absolute Gasteiger partial charge is 0.237 e. The number of carbonyl (C=O) groups excluding carboxylic acids is 1. The lowest BCUT2D eigenvalue weighted by Gasteiger charge is -2.43. The third kappa shape index (κ3) is 4.14. The largest absolute Gasteiger partial charge is 0.370 e. The predicted octanol–water partition coefficient (Wildman–Crippen LogP) is 4.25. The number of hydrogen-bond donors (Lipinski definition) is 2. The monoisotopic (exact) mass is 398 g/mol. The van der Waals surface area contributed by atoms with Crippen molar-refractivity contribution in [1.82, 2.24) is 4.90 Å². The van der Waals surface area contributed by atoms with Gasteiger partial charge >= 0.3 is 0 Å². The Morgan fingerprint density at radius 2 is 2.21 bits per heavy atom. The second-order valence-corrected chi connectivity index (χ2v) is 9.40. The fourth-order valence-electron chi connectivity index (χ4n) is 5.41. The molecule has 5 nitrogen and oxygen atoms in total. The molecule has 29 heavy (non-hydrogen) atoms. The van der Waals surface area contributed by atoms with E-state index in [0.29, 0.717) is 11.5 Å². The molecule has 0 heterocycles. The molecule has 1 amide bonds. The summed E-state index contributed by atoms with van der Waals surface area (Å²) in [5.41, 5.74) is 6.27. The quantitative estimate of drug-likeness (QED) is 0.586. The molecule has 1 aromatic rings. The number of nitrogens with two attached hydrogens (primary N) is 1. The number of benzene rings is 1. The normalized spacial score (nSPS) is 26.0. The number of fused-ring (bicyclic) bond motifs is 1. The van der Waals surface area contributed by atoms with Crippen LogP contribution in [-0.4, -0.2) is 29.0 Å². The highest BCUT2D eigenvalue weighted by atomic mass is 19.1. The maximum absolute atomic E-state index is 14.4. The predicted molar refractivity (Wildman–Crippen MR) is 111 cm³/mol. The molecular weight excluding hydrogens is 367 g/mol. The molecule has 0 bridgehead atoms. The van der Waals surface area contributed by atoms with E-state index in [0.717, 1.165) is 54.6 Å². The summed E-state index contributed by atoms with van der Waals surface area (Å²) >= 11 is 0. The lowest BCUT2D eigenvalue weighted by atomic mass is 9.62. The summed E-state index contributed by atoms with van der Waals surface area (Å²) in [4.78, 5) is 14.8. The maximum atomic E-state index is 14.4. The molecule has 6 heteroatoms. The number of nitrogens with one attached hydrogen (secondary N) is 1. The van der Waals surface area contributed by atoms with E-state index in [4.69, 9.17) is 11.1 Å². The molecule has 0 aliphatic heterocycles. The van der Waals surface area contributed by atoms with E-state index >= 15 is 0 Å². The van der Waals surface area contributed by atoms with Gasteiger partial charge in [-0.2, -0.15) is 5.26 Å². The van der Waals surface area contributed by atoms with Gasteiger partial charge in [-0.1, -0.05) is 32.3 Å². The van der Waals surface area contributed by atoms with E-state index in [1.807, 2.05) is 6.07 Å². The molecule has 156 valence electrons. The third-order valence-electron chi connectivity index (χ3n) is 6.64. The maximum Gasteiger partial charge on any atom is 0.237 e. The first kappa shape index (κ1) is 21.3. The first-order valence-electron chi connectivity index (χ1n) is 10.5. The Morgan fingerprint density at radius 3 is 2.79 bits per heavy atom. The molecule has 0 aromatic heterocycles. The van der Waals surface area contributed by atoms with Gasteiger partial charge in [0.2, 0.25) is 5.91 Å². The standard InChI is InChI=1S/C23H31FN4O/c1-4-15-6-5-9-23(11-15)12-17-8-7-16(13-25)10-18(17)19(23)20(29)28(21(26)27)14-22(2,3)24/h7-8,10,15,19H,4-6,9,11-12,14H2,1-3H3,(H3,26,27). The Morgan fingerprint density at radius 1 is 1.48 bits per heavy atom. The van der Waals surface area contributed by atoms with Crippen molar-refractivity contribution >= 4 is 11.9 Å². The Bertz CT molecular complexity index is 853. The third-order valence-corrected chi connectivity index (χ3v) is 6.64. The fraction of sp³-hybridized carbons (Fsp3) is 0.609. The molecule has 2 aliphatic rings. The molecule has 1 saturated carbocycles. The lowest BCUT2D eigenvalue weighted by Crippen LogP contribution is -2.51. The van der Waals surface area contributed by atoms with Crippen LogP contribution in [0, 0.1) is 28.1 Å². The van der Waals surface area contributed by atoms with Crippen LogP contribution in [0.25, 0.3) is 0 Å². The number of nitrogens with zero attached hydrogens (tertiary/aromatic N) is 2. The summed E-state index contributed by atoms with van der Waals surface area (Å²) in [6.45, 7) is 4.70. The van der Waals surface area contributed by atoms with Crippen LogP contribution < -0.4 is 5.73 Å². The van der Waals surface area contributed by atoms with Crippen molar-refractivity contribution in [2.24, 2.45) is 17.1 Å². The summed E-state index contributed by atoms with van der Waals surface area (Å²) < 4.78 is 14.4. The zero-order valence-electron chi connectivity index (χ0n) is 17.6. The van der Waals surface area contributed by atoms with Crippen LogP contribution in [0.5, 0.6) is 0 Å². The molecule has 0 radical (unpaired) electrons. The second-order valence-electron chi connectivity index (χ2n) is 9.40. The molecule has 0 saturated heterocycles. The van der Waals surface area contributed by atoms with Crippen LogP contribution in [0.3, 0.4) is 0 Å². The van der Waals surface area contributed by atoms with Gasteiger partial charge in [0.15, 0.2) is 5.96 Å². The molecule has 3 unspecified atom stereocenters. The van der Waals surface area contributed by atoms with Crippen LogP contribution in [0.15, 0.2) is 18.2 Å². The second kappa shape index (κ2) is 7.78. The van der Waals surface area contributed by atoms with Crippen molar-refractivity contribution in [1.29, 1.82) is 10.7 Å². The van der Waals surface area contributed by atoms with Gasteiger partial charge in [-0.15, -0.1) is 0 Å². The summed E-state index contributed by atoms with van der Waals surface area (Å²) in [6, 6.07) is 7.73.